The lowest BCUT2D eigenvalue weighted by Crippen LogP contribution is -2.30. The average Bonchev–Trinajstić information content (AvgIpc) is 3.16. The molecule has 0 radical (unpaired) electrons. The lowest BCUT2D eigenvalue weighted by Gasteiger charge is -2.20. The van der Waals surface area contributed by atoms with Gasteiger partial charge >= 0.3 is 0 Å². The molecule has 1 N–H and O–H groups in total. The maximum atomic E-state index is 13.2. The first-order chi connectivity index (χ1) is 15.1. The number of rotatable bonds is 7. The molecule has 2 amide bonds. The minimum absolute atomic E-state index is 0.169. The normalized spacial score (nSPS) is 13.6. The predicted octanol–water partition coefficient (Wildman–Crippen LogP) is 3.43. The third-order valence-electron chi connectivity index (χ3n) is 5.37. The van der Waals surface area contributed by atoms with Gasteiger partial charge in [0.2, 0.25) is 0 Å². The van der Waals surface area contributed by atoms with Crippen molar-refractivity contribution in [2.75, 3.05) is 13.1 Å². The molecule has 4 rings (SSSR count). The fourth-order valence-corrected chi connectivity index (χ4v) is 3.74. The third-order valence-corrected chi connectivity index (χ3v) is 5.37. The second-order valence-electron chi connectivity index (χ2n) is 7.69. The van der Waals surface area contributed by atoms with E-state index in [-0.39, 0.29) is 23.3 Å². The quantitative estimate of drug-likeness (QED) is 0.596. The van der Waals surface area contributed by atoms with E-state index in [2.05, 4.69) is 22.5 Å². The second kappa shape index (κ2) is 9.55. The van der Waals surface area contributed by atoms with Crippen molar-refractivity contribution in [1.29, 1.82) is 0 Å². The monoisotopic (exact) mass is 420 g/mol. The van der Waals surface area contributed by atoms with Crippen molar-refractivity contribution in [3.8, 4) is 0 Å². The predicted molar refractivity (Wildman–Crippen MR) is 115 cm³/mol. The topological polar surface area (TPSA) is 67.2 Å². The number of amides is 2. The first-order valence-electron chi connectivity index (χ1n) is 10.5. The summed E-state index contributed by atoms with van der Waals surface area (Å²) in [7, 11) is 0. The summed E-state index contributed by atoms with van der Waals surface area (Å²) in [5.74, 6) is -0.743. The number of hydrogen-bond acceptors (Lipinski definition) is 3. The molecule has 2 heterocycles. The van der Waals surface area contributed by atoms with Gasteiger partial charge in [0.25, 0.3) is 11.8 Å². The number of nitrogens with zero attached hydrogens (tertiary/aromatic N) is 3. The number of halogens is 1. The standard InChI is InChI=1S/C24H25FN4O2/c25-20-11-9-19(10-12-20)17-28-14-5-15-29-22(24(28)31)16-21(27-29)23(30)26-13-4-8-18-6-2-1-3-7-18/h1-3,6-7,9-12,16H,4-5,8,13-15,17H2,(H,26,30). The summed E-state index contributed by atoms with van der Waals surface area (Å²) < 4.78 is 14.8. The number of carbonyl (C=O) groups excluding carboxylic acids is 2. The van der Waals surface area contributed by atoms with E-state index in [1.165, 1.54) is 17.7 Å². The smallest absolute Gasteiger partial charge is 0.272 e. The number of aryl methyl sites for hydroxylation is 2. The zero-order valence-electron chi connectivity index (χ0n) is 17.3. The molecule has 1 aromatic heterocycles. The fourth-order valence-electron chi connectivity index (χ4n) is 3.74. The van der Waals surface area contributed by atoms with E-state index in [9.17, 15) is 14.0 Å². The number of benzene rings is 2. The van der Waals surface area contributed by atoms with Crippen LogP contribution in [0.1, 0.15) is 44.9 Å². The molecule has 0 spiro atoms. The van der Waals surface area contributed by atoms with E-state index in [1.807, 2.05) is 18.2 Å². The van der Waals surface area contributed by atoms with Crippen LogP contribution in [0.5, 0.6) is 0 Å². The summed E-state index contributed by atoms with van der Waals surface area (Å²) in [6.07, 6.45) is 2.45. The lowest BCUT2D eigenvalue weighted by atomic mass is 10.1. The highest BCUT2D eigenvalue weighted by Crippen LogP contribution is 2.17. The van der Waals surface area contributed by atoms with E-state index in [4.69, 9.17) is 0 Å². The molecule has 0 saturated carbocycles. The lowest BCUT2D eigenvalue weighted by molar-refractivity contribution is 0.0745. The maximum Gasteiger partial charge on any atom is 0.272 e. The fraction of sp³-hybridized carbons (Fsp3) is 0.292. The summed E-state index contributed by atoms with van der Waals surface area (Å²) >= 11 is 0. The SMILES string of the molecule is O=C(NCCCc1ccccc1)c1cc2n(n1)CCCN(Cc1ccc(F)cc1)C2=O. The van der Waals surface area contributed by atoms with Crippen LogP contribution in [0.15, 0.2) is 60.7 Å². The summed E-state index contributed by atoms with van der Waals surface area (Å²) in [5, 5.41) is 7.25. The van der Waals surface area contributed by atoms with Crippen molar-refractivity contribution in [3.05, 3.63) is 89.0 Å². The Morgan fingerprint density at radius 2 is 1.81 bits per heavy atom. The van der Waals surface area contributed by atoms with E-state index in [0.717, 1.165) is 24.8 Å². The van der Waals surface area contributed by atoms with Crippen LogP contribution in [0.3, 0.4) is 0 Å². The molecular weight excluding hydrogens is 395 g/mol. The molecule has 160 valence electrons. The number of fused-ring (bicyclic) bond motifs is 1. The minimum Gasteiger partial charge on any atom is -0.351 e. The molecule has 0 bridgehead atoms. The van der Waals surface area contributed by atoms with Crippen molar-refractivity contribution < 1.29 is 14.0 Å². The first-order valence-corrected chi connectivity index (χ1v) is 10.5. The molecule has 2 aromatic carbocycles. The highest BCUT2D eigenvalue weighted by molar-refractivity contribution is 5.98. The molecule has 0 aliphatic carbocycles. The molecule has 1 aliphatic rings. The summed E-state index contributed by atoms with van der Waals surface area (Å²) in [6.45, 7) is 2.09. The Bertz CT molecular complexity index is 1050. The Morgan fingerprint density at radius 1 is 1.03 bits per heavy atom. The van der Waals surface area contributed by atoms with Crippen LogP contribution in [0, 0.1) is 5.82 Å². The van der Waals surface area contributed by atoms with Gasteiger partial charge in [-0.1, -0.05) is 42.5 Å². The molecule has 0 saturated heterocycles. The van der Waals surface area contributed by atoms with Gasteiger partial charge in [-0.25, -0.2) is 4.39 Å². The van der Waals surface area contributed by atoms with Gasteiger partial charge in [-0.05, 0) is 42.5 Å². The van der Waals surface area contributed by atoms with Gasteiger partial charge in [-0.15, -0.1) is 0 Å². The molecule has 0 atom stereocenters. The van der Waals surface area contributed by atoms with Gasteiger partial charge in [-0.2, -0.15) is 5.10 Å². The van der Waals surface area contributed by atoms with Crippen molar-refractivity contribution in [2.24, 2.45) is 0 Å². The maximum absolute atomic E-state index is 13.2. The summed E-state index contributed by atoms with van der Waals surface area (Å²) in [4.78, 5) is 27.3. The Morgan fingerprint density at radius 3 is 2.58 bits per heavy atom. The van der Waals surface area contributed by atoms with Gasteiger partial charge in [0, 0.05) is 32.2 Å². The molecule has 31 heavy (non-hydrogen) atoms. The van der Waals surface area contributed by atoms with Gasteiger partial charge in [0.05, 0.1) is 0 Å². The highest BCUT2D eigenvalue weighted by atomic mass is 19.1. The molecule has 6 nitrogen and oxygen atoms in total. The third kappa shape index (κ3) is 5.17. The van der Waals surface area contributed by atoms with Crippen LogP contribution < -0.4 is 5.32 Å². The minimum atomic E-state index is -0.302. The Balaban J connectivity index is 1.36. The van der Waals surface area contributed by atoms with Crippen LogP contribution in [-0.4, -0.2) is 39.6 Å². The van der Waals surface area contributed by atoms with Crippen molar-refractivity contribution in [3.63, 3.8) is 0 Å². The Hall–Kier alpha value is -3.48. The van der Waals surface area contributed by atoms with Crippen LogP contribution >= 0.6 is 0 Å². The zero-order valence-corrected chi connectivity index (χ0v) is 17.3. The molecule has 1 aliphatic heterocycles. The van der Waals surface area contributed by atoms with Crippen LogP contribution in [-0.2, 0) is 19.5 Å². The van der Waals surface area contributed by atoms with Crippen LogP contribution in [0.25, 0.3) is 0 Å². The summed E-state index contributed by atoms with van der Waals surface area (Å²) in [5.41, 5.74) is 2.76. The zero-order chi connectivity index (χ0) is 21.6. The van der Waals surface area contributed by atoms with E-state index in [1.54, 1.807) is 27.8 Å². The summed E-state index contributed by atoms with van der Waals surface area (Å²) in [6, 6.07) is 17.8. The van der Waals surface area contributed by atoms with Crippen LogP contribution in [0.2, 0.25) is 0 Å². The second-order valence-corrected chi connectivity index (χ2v) is 7.69. The molecule has 0 unspecified atom stereocenters. The van der Waals surface area contributed by atoms with E-state index >= 15 is 0 Å². The van der Waals surface area contributed by atoms with Gasteiger partial charge in [0.15, 0.2) is 5.69 Å². The van der Waals surface area contributed by atoms with Crippen molar-refractivity contribution in [1.82, 2.24) is 20.0 Å². The van der Waals surface area contributed by atoms with Crippen molar-refractivity contribution >= 4 is 11.8 Å². The Labute approximate surface area is 180 Å². The van der Waals surface area contributed by atoms with Gasteiger partial charge < -0.3 is 10.2 Å². The molecule has 7 heteroatoms. The Kier molecular flexibility index (Phi) is 6.40. The van der Waals surface area contributed by atoms with Gasteiger partial charge in [-0.3, -0.25) is 14.3 Å². The number of carbonyl (C=O) groups is 2. The van der Waals surface area contributed by atoms with Gasteiger partial charge in [0.1, 0.15) is 11.5 Å². The first kappa shape index (κ1) is 20.8. The average molecular weight is 420 g/mol. The highest BCUT2D eigenvalue weighted by Gasteiger charge is 2.26. The largest absolute Gasteiger partial charge is 0.351 e. The molecule has 0 fully saturated rings. The van der Waals surface area contributed by atoms with Crippen LogP contribution in [0.4, 0.5) is 4.39 Å². The van der Waals surface area contributed by atoms with Crippen molar-refractivity contribution in [2.45, 2.75) is 32.4 Å². The van der Waals surface area contributed by atoms with E-state index < -0.39 is 0 Å². The molecular formula is C24H25FN4O2. The van der Waals surface area contributed by atoms with E-state index in [0.29, 0.717) is 31.9 Å². The number of nitrogens with one attached hydrogen (secondary N) is 1. The number of aromatic nitrogens is 2. The number of hydrogen-bond donors (Lipinski definition) is 1. The molecule has 3 aromatic rings.